The van der Waals surface area contributed by atoms with Gasteiger partial charge >= 0.3 is 0 Å². The topological polar surface area (TPSA) is 47.0 Å². The van der Waals surface area contributed by atoms with Gasteiger partial charge in [-0.1, -0.05) is 0 Å². The second kappa shape index (κ2) is 3.72. The predicted molar refractivity (Wildman–Crippen MR) is 50.4 cm³/mol. The Morgan fingerprint density at radius 1 is 1.58 bits per heavy atom. The molecule has 0 saturated carbocycles. The van der Waals surface area contributed by atoms with Crippen LogP contribution >= 0.6 is 26.6 Å². The van der Waals surface area contributed by atoms with Crippen molar-refractivity contribution in [2.24, 2.45) is 0 Å². The molecule has 6 heteroatoms. The maximum Gasteiger partial charge on any atom is 0.238 e. The highest BCUT2D eigenvalue weighted by Gasteiger charge is 2.10. The van der Waals surface area contributed by atoms with Crippen LogP contribution in [0.4, 0.5) is 0 Å². The quantitative estimate of drug-likeness (QED) is 0.771. The molecule has 0 fully saturated rings. The van der Waals surface area contributed by atoms with Crippen molar-refractivity contribution in [1.29, 1.82) is 0 Å². The normalized spacial score (nSPS) is 11.5. The summed E-state index contributed by atoms with van der Waals surface area (Å²) in [5.74, 6) is -0.254. The van der Waals surface area contributed by atoms with E-state index in [-0.39, 0.29) is 5.75 Å². The van der Waals surface area contributed by atoms with Gasteiger partial charge in [-0.2, -0.15) is 0 Å². The van der Waals surface area contributed by atoms with Gasteiger partial charge in [-0.3, -0.25) is 4.98 Å². The summed E-state index contributed by atoms with van der Waals surface area (Å²) in [4.78, 5) is 3.85. The molecule has 66 valence electrons. The van der Waals surface area contributed by atoms with Gasteiger partial charge in [0.2, 0.25) is 9.05 Å². The van der Waals surface area contributed by atoms with Gasteiger partial charge in [0.25, 0.3) is 0 Å². The fourth-order valence-electron chi connectivity index (χ4n) is 0.688. The second-order valence-corrected chi connectivity index (χ2v) is 5.75. The van der Waals surface area contributed by atoms with Gasteiger partial charge < -0.3 is 0 Å². The molecule has 0 atom stereocenters. The highest BCUT2D eigenvalue weighted by molar-refractivity contribution is 9.10. The monoisotopic (exact) mass is 269 g/mol. The van der Waals surface area contributed by atoms with E-state index < -0.39 is 9.05 Å². The fourth-order valence-corrected chi connectivity index (χ4v) is 2.14. The Kier molecular flexibility index (Phi) is 3.09. The van der Waals surface area contributed by atoms with Crippen LogP contribution in [0.2, 0.25) is 0 Å². The Bertz CT molecular complexity index is 379. The van der Waals surface area contributed by atoms with Crippen LogP contribution in [0, 0.1) is 0 Å². The molecule has 0 spiro atoms. The van der Waals surface area contributed by atoms with Gasteiger partial charge in [-0.05, 0) is 28.1 Å². The van der Waals surface area contributed by atoms with Crippen LogP contribution in [0.15, 0.2) is 22.8 Å². The third kappa shape index (κ3) is 3.08. The van der Waals surface area contributed by atoms with E-state index in [0.29, 0.717) is 10.2 Å². The second-order valence-electron chi connectivity index (χ2n) is 2.12. The van der Waals surface area contributed by atoms with Gasteiger partial charge in [-0.15, -0.1) is 0 Å². The summed E-state index contributed by atoms with van der Waals surface area (Å²) in [6.45, 7) is 0. The average Bonchev–Trinajstić information content (AvgIpc) is 1.91. The molecule has 0 aromatic carbocycles. The van der Waals surface area contributed by atoms with E-state index in [1.54, 1.807) is 12.1 Å². The van der Waals surface area contributed by atoms with E-state index in [0.717, 1.165) is 0 Å². The van der Waals surface area contributed by atoms with Crippen molar-refractivity contribution in [2.75, 3.05) is 0 Å². The minimum atomic E-state index is -3.52. The molecule has 0 amide bonds. The minimum absolute atomic E-state index is 0.254. The lowest BCUT2D eigenvalue weighted by molar-refractivity contribution is 0.608. The number of halogens is 2. The maximum absolute atomic E-state index is 10.7. The van der Waals surface area contributed by atoms with Gasteiger partial charge in [0.1, 0.15) is 5.75 Å². The molecule has 3 nitrogen and oxygen atoms in total. The zero-order valence-corrected chi connectivity index (χ0v) is 9.03. The summed E-state index contributed by atoms with van der Waals surface area (Å²) in [6.07, 6.45) is 1.52. The largest absolute Gasteiger partial charge is 0.259 e. The van der Waals surface area contributed by atoms with Crippen LogP contribution in [0.5, 0.6) is 0 Å². The van der Waals surface area contributed by atoms with E-state index in [2.05, 4.69) is 20.9 Å². The van der Waals surface area contributed by atoms with Crippen molar-refractivity contribution in [2.45, 2.75) is 5.75 Å². The molecule has 0 saturated heterocycles. The molecule has 0 unspecified atom stereocenters. The summed E-state index contributed by atoms with van der Waals surface area (Å²) < 4.78 is 22.0. The van der Waals surface area contributed by atoms with Gasteiger partial charge in [0.15, 0.2) is 0 Å². The summed E-state index contributed by atoms with van der Waals surface area (Å²) in [7, 11) is 1.53. The average molecular weight is 271 g/mol. The molecule has 0 aliphatic rings. The lowest BCUT2D eigenvalue weighted by Crippen LogP contribution is -1.98. The van der Waals surface area contributed by atoms with Gasteiger partial charge in [0.05, 0.1) is 5.69 Å². The number of pyridine rings is 1. The van der Waals surface area contributed by atoms with E-state index >= 15 is 0 Å². The summed E-state index contributed by atoms with van der Waals surface area (Å²) >= 11 is 3.16. The van der Waals surface area contributed by atoms with Crippen molar-refractivity contribution >= 4 is 35.7 Å². The molecule has 0 N–H and O–H groups in total. The molecule has 12 heavy (non-hydrogen) atoms. The van der Waals surface area contributed by atoms with Crippen LogP contribution < -0.4 is 0 Å². The molecule has 1 aromatic heterocycles. The van der Waals surface area contributed by atoms with Crippen LogP contribution in [0.3, 0.4) is 0 Å². The van der Waals surface area contributed by atoms with Crippen molar-refractivity contribution in [3.8, 4) is 0 Å². The third-order valence-corrected chi connectivity index (χ3v) is 2.81. The van der Waals surface area contributed by atoms with Gasteiger partial charge in [-0.25, -0.2) is 8.42 Å². The smallest absolute Gasteiger partial charge is 0.238 e. The number of hydrogen-bond donors (Lipinski definition) is 0. The first-order valence-corrected chi connectivity index (χ1v) is 6.28. The van der Waals surface area contributed by atoms with Crippen LogP contribution in [0.25, 0.3) is 0 Å². The van der Waals surface area contributed by atoms with E-state index in [4.69, 9.17) is 10.7 Å². The Labute approximate surface area is 83.3 Å². The highest BCUT2D eigenvalue weighted by atomic mass is 79.9. The predicted octanol–water partition coefficient (Wildman–Crippen LogP) is 1.91. The van der Waals surface area contributed by atoms with Crippen molar-refractivity contribution in [3.05, 3.63) is 28.5 Å². The lowest BCUT2D eigenvalue weighted by atomic mass is 10.4. The molecule has 0 bridgehead atoms. The Balaban J connectivity index is 2.98. The fraction of sp³-hybridized carbons (Fsp3) is 0.167. The highest BCUT2D eigenvalue weighted by Crippen LogP contribution is 2.17. The first kappa shape index (κ1) is 9.95. The number of rotatable bonds is 2. The maximum atomic E-state index is 10.7. The summed E-state index contributed by atoms with van der Waals surface area (Å²) in [5, 5.41) is 0. The Morgan fingerprint density at radius 3 is 2.75 bits per heavy atom. The molecule has 1 aromatic rings. The van der Waals surface area contributed by atoms with E-state index in [1.165, 1.54) is 6.20 Å². The van der Waals surface area contributed by atoms with Crippen LogP contribution in [-0.2, 0) is 14.8 Å². The lowest BCUT2D eigenvalue weighted by Gasteiger charge is -1.98. The zero-order valence-electron chi connectivity index (χ0n) is 5.87. The SMILES string of the molecule is O=S(=O)(Cl)Cc1ncccc1Br. The van der Waals surface area contributed by atoms with Crippen molar-refractivity contribution in [1.82, 2.24) is 4.98 Å². The molecule has 1 heterocycles. The number of aromatic nitrogens is 1. The molecular formula is C6H5BrClNO2S. The minimum Gasteiger partial charge on any atom is -0.259 e. The van der Waals surface area contributed by atoms with Crippen molar-refractivity contribution < 1.29 is 8.42 Å². The van der Waals surface area contributed by atoms with Gasteiger partial charge in [0, 0.05) is 21.4 Å². The van der Waals surface area contributed by atoms with E-state index in [9.17, 15) is 8.42 Å². The molecule has 1 rings (SSSR count). The van der Waals surface area contributed by atoms with E-state index in [1.807, 2.05) is 0 Å². The first-order chi connectivity index (χ1) is 5.49. The molecule has 0 radical (unpaired) electrons. The standard InChI is InChI=1S/C6H5BrClNO2S/c7-5-2-1-3-9-6(5)4-12(8,10)11/h1-3H,4H2. The first-order valence-electron chi connectivity index (χ1n) is 3.01. The summed E-state index contributed by atoms with van der Waals surface area (Å²) in [5.41, 5.74) is 0.424. The zero-order chi connectivity index (χ0) is 9.19. The summed E-state index contributed by atoms with van der Waals surface area (Å²) in [6, 6.07) is 3.42. The van der Waals surface area contributed by atoms with Crippen molar-refractivity contribution in [3.63, 3.8) is 0 Å². The van der Waals surface area contributed by atoms with Crippen LogP contribution in [0.1, 0.15) is 5.69 Å². The van der Waals surface area contributed by atoms with Crippen LogP contribution in [-0.4, -0.2) is 13.4 Å². The third-order valence-electron chi connectivity index (χ3n) is 1.14. The molecule has 0 aliphatic heterocycles. The molecular weight excluding hydrogens is 265 g/mol. The number of hydrogen-bond acceptors (Lipinski definition) is 3. The Hall–Kier alpha value is -0.130. The molecule has 0 aliphatic carbocycles. The number of nitrogens with zero attached hydrogens (tertiary/aromatic N) is 1. The Morgan fingerprint density at radius 2 is 2.25 bits per heavy atom.